The Kier molecular flexibility index (Phi) is 2.21. The van der Waals surface area contributed by atoms with Gasteiger partial charge in [0.05, 0.1) is 5.52 Å². The fraction of sp³-hybridized carbons (Fsp3) is 0.200. The van der Waals surface area contributed by atoms with Crippen molar-refractivity contribution in [2.75, 3.05) is 0 Å². The van der Waals surface area contributed by atoms with Crippen molar-refractivity contribution < 1.29 is 32.7 Å². The van der Waals surface area contributed by atoms with Crippen molar-refractivity contribution in [1.29, 1.82) is 0 Å². The van der Waals surface area contributed by atoms with Gasteiger partial charge in [0, 0.05) is 32.7 Å². The van der Waals surface area contributed by atoms with Crippen LogP contribution in [0.4, 0.5) is 0 Å². The van der Waals surface area contributed by atoms with E-state index in [2.05, 4.69) is 20.2 Å². The van der Waals surface area contributed by atoms with Crippen LogP contribution in [0.3, 0.4) is 0 Å². The smallest absolute Gasteiger partial charge is 0.157 e. The van der Waals surface area contributed by atoms with E-state index in [1.807, 2.05) is 6.92 Å². The van der Waals surface area contributed by atoms with Crippen LogP contribution in [0.1, 0.15) is 5.82 Å². The fourth-order valence-electron chi connectivity index (χ4n) is 0.805. The third-order valence-corrected chi connectivity index (χ3v) is 1.17. The van der Waals surface area contributed by atoms with Gasteiger partial charge in [-0.1, -0.05) is 0 Å². The van der Waals surface area contributed by atoms with E-state index in [9.17, 15) is 0 Å². The number of H-pyrrole nitrogens is 1. The van der Waals surface area contributed by atoms with Crippen LogP contribution >= 0.6 is 0 Å². The largest absolute Gasteiger partial charge is 0.578 e. The zero-order chi connectivity index (χ0) is 6.27. The van der Waals surface area contributed by atoms with Gasteiger partial charge in [-0.2, -0.15) is 0 Å². The summed E-state index contributed by atoms with van der Waals surface area (Å²) in [5.41, 5.74) is 1.61. The Labute approximate surface area is 82.7 Å². The van der Waals surface area contributed by atoms with Gasteiger partial charge in [0.2, 0.25) is 0 Å². The molecule has 2 aromatic rings. The molecule has 0 unspecified atom stereocenters. The van der Waals surface area contributed by atoms with Crippen LogP contribution in [0.15, 0.2) is 6.20 Å². The molecule has 0 saturated heterocycles. The molecule has 2 aromatic heterocycles. The molecule has 10 heavy (non-hydrogen) atoms. The summed E-state index contributed by atoms with van der Waals surface area (Å²) in [5, 5.41) is 7.41. The van der Waals surface area contributed by atoms with E-state index in [0.717, 1.165) is 11.3 Å². The average Bonchev–Trinajstić information content (AvgIpc) is 2.22. The Bertz CT molecular complexity index is 294. The molecule has 0 aromatic carbocycles. The van der Waals surface area contributed by atoms with Crippen molar-refractivity contribution >= 4 is 11.2 Å². The molecule has 0 aliphatic rings. The first-order chi connectivity index (χ1) is 4.36. The maximum absolute atomic E-state index is 4.04. The van der Waals surface area contributed by atoms with Crippen molar-refractivity contribution in [2.45, 2.75) is 6.92 Å². The van der Waals surface area contributed by atoms with Gasteiger partial charge in [-0.05, 0) is 6.92 Å². The molecule has 49 valence electrons. The maximum atomic E-state index is 4.04. The topological polar surface area (TPSA) is 55.7 Å². The molecule has 0 spiro atoms. The molecule has 0 bridgehead atoms. The molecule has 0 saturated carbocycles. The SMILES string of the molecule is Cc1nc2n[n-]cc2[nH]1.[Y]. The van der Waals surface area contributed by atoms with Gasteiger partial charge in [0.25, 0.3) is 0 Å². The number of fused-ring (bicyclic) bond motifs is 1. The first-order valence-electron chi connectivity index (χ1n) is 2.67. The average molecular weight is 210 g/mol. The van der Waals surface area contributed by atoms with Crippen LogP contribution in [0, 0.1) is 6.92 Å². The zero-order valence-electron chi connectivity index (χ0n) is 5.50. The molecular weight excluding hydrogens is 205 g/mol. The van der Waals surface area contributed by atoms with Crippen molar-refractivity contribution in [2.24, 2.45) is 0 Å². The third-order valence-electron chi connectivity index (χ3n) is 1.17. The van der Waals surface area contributed by atoms with Gasteiger partial charge in [0.15, 0.2) is 5.65 Å². The normalized spacial score (nSPS) is 9.70. The van der Waals surface area contributed by atoms with Crippen molar-refractivity contribution in [3.05, 3.63) is 12.0 Å². The van der Waals surface area contributed by atoms with Gasteiger partial charge < -0.3 is 15.2 Å². The second-order valence-corrected chi connectivity index (χ2v) is 1.90. The minimum Gasteiger partial charge on any atom is -0.578 e. The molecule has 0 aliphatic heterocycles. The summed E-state index contributed by atoms with van der Waals surface area (Å²) in [6.07, 6.45) is 1.66. The molecule has 1 radical (unpaired) electrons. The summed E-state index contributed by atoms with van der Waals surface area (Å²) in [4.78, 5) is 7.05. The first kappa shape index (κ1) is 7.89. The predicted molar refractivity (Wildman–Crippen MR) is 31.9 cm³/mol. The number of nitrogens with one attached hydrogen (secondary N) is 1. The molecule has 0 atom stereocenters. The number of hydrogen-bond acceptors (Lipinski definition) is 2. The van der Waals surface area contributed by atoms with Gasteiger partial charge >= 0.3 is 0 Å². The second kappa shape index (κ2) is 2.80. The minimum atomic E-state index is 0. The van der Waals surface area contributed by atoms with Crippen LogP contribution in [0.2, 0.25) is 0 Å². The Morgan fingerprint density at radius 2 is 2.40 bits per heavy atom. The standard InChI is InChI=1S/C5H5N4.Y/c1-3-7-4-2-6-9-5(4)8-3;/h2H,1H3,(H-,6,7,8,9);/q-1;. The number of nitrogens with zero attached hydrogens (tertiary/aromatic N) is 3. The quantitative estimate of drug-likeness (QED) is 0.676. The second-order valence-electron chi connectivity index (χ2n) is 1.90. The summed E-state index contributed by atoms with van der Waals surface area (Å²) < 4.78 is 0. The summed E-state index contributed by atoms with van der Waals surface area (Å²) >= 11 is 0. The van der Waals surface area contributed by atoms with E-state index in [4.69, 9.17) is 0 Å². The van der Waals surface area contributed by atoms with Gasteiger partial charge in [-0.25, -0.2) is 4.98 Å². The Balaban J connectivity index is 0.000000500. The zero-order valence-corrected chi connectivity index (χ0v) is 8.33. The van der Waals surface area contributed by atoms with E-state index in [1.54, 1.807) is 6.20 Å². The molecule has 5 heteroatoms. The number of imidazole rings is 1. The molecule has 0 fully saturated rings. The predicted octanol–water partition coefficient (Wildman–Crippen LogP) is 0.221. The van der Waals surface area contributed by atoms with Gasteiger partial charge in [-0.3, -0.25) is 0 Å². The summed E-state index contributed by atoms with van der Waals surface area (Å²) in [6.45, 7) is 1.89. The van der Waals surface area contributed by atoms with Gasteiger partial charge in [-0.15, -0.1) is 6.20 Å². The van der Waals surface area contributed by atoms with Crippen LogP contribution in [-0.2, 0) is 32.7 Å². The first-order valence-corrected chi connectivity index (χ1v) is 2.67. The van der Waals surface area contributed by atoms with Crippen molar-refractivity contribution in [1.82, 2.24) is 20.2 Å². The number of hydrogen-bond donors (Lipinski definition) is 1. The summed E-state index contributed by atoms with van der Waals surface area (Å²) in [7, 11) is 0. The number of aromatic amines is 1. The Hall–Kier alpha value is -0.216. The van der Waals surface area contributed by atoms with Crippen molar-refractivity contribution in [3.63, 3.8) is 0 Å². The van der Waals surface area contributed by atoms with E-state index >= 15 is 0 Å². The summed E-state index contributed by atoms with van der Waals surface area (Å²) in [5.74, 6) is 0.884. The van der Waals surface area contributed by atoms with Crippen molar-refractivity contribution in [3.8, 4) is 0 Å². The van der Waals surface area contributed by atoms with Crippen LogP contribution in [-0.4, -0.2) is 15.1 Å². The number of aromatic nitrogens is 4. The molecule has 1 N–H and O–H groups in total. The van der Waals surface area contributed by atoms with E-state index in [1.165, 1.54) is 0 Å². The molecular formula is C5H5N4Y-. The molecule has 0 aliphatic carbocycles. The van der Waals surface area contributed by atoms with Crippen LogP contribution in [0.5, 0.6) is 0 Å². The Morgan fingerprint density at radius 1 is 1.60 bits per heavy atom. The summed E-state index contributed by atoms with van der Waals surface area (Å²) in [6, 6.07) is 0. The van der Waals surface area contributed by atoms with E-state index in [-0.39, 0.29) is 32.7 Å². The maximum Gasteiger partial charge on any atom is 0.157 e. The molecule has 4 nitrogen and oxygen atoms in total. The molecule has 2 heterocycles. The van der Waals surface area contributed by atoms with Crippen LogP contribution in [0.25, 0.3) is 11.2 Å². The number of aryl methyl sites for hydroxylation is 1. The minimum absolute atomic E-state index is 0. The number of rotatable bonds is 0. The Morgan fingerprint density at radius 3 is 3.10 bits per heavy atom. The van der Waals surface area contributed by atoms with Crippen LogP contribution < -0.4 is 5.10 Å². The van der Waals surface area contributed by atoms with E-state index < -0.39 is 0 Å². The monoisotopic (exact) mass is 210 g/mol. The molecule has 2 rings (SSSR count). The molecule has 0 amide bonds. The third kappa shape index (κ3) is 1.13. The van der Waals surface area contributed by atoms with E-state index in [0.29, 0.717) is 5.65 Å². The fourth-order valence-corrected chi connectivity index (χ4v) is 0.805. The van der Waals surface area contributed by atoms with Gasteiger partial charge in [0.1, 0.15) is 5.82 Å².